The first kappa shape index (κ1) is 14.5. The summed E-state index contributed by atoms with van der Waals surface area (Å²) in [4.78, 5) is 15.3. The van der Waals surface area contributed by atoms with Gasteiger partial charge in [-0.1, -0.05) is 38.1 Å². The highest BCUT2D eigenvalue weighted by atomic mass is 19.1. The molecule has 2 aromatic carbocycles. The molecule has 0 aliphatic rings. The van der Waals surface area contributed by atoms with Crippen molar-refractivity contribution in [1.29, 1.82) is 0 Å². The summed E-state index contributed by atoms with van der Waals surface area (Å²) in [5, 5.41) is 0.635. The van der Waals surface area contributed by atoms with Crippen LogP contribution in [0.25, 0.3) is 22.2 Å². The largest absolute Gasteiger partial charge is 0.354 e. The molecular formula is C19H18FNO. The van der Waals surface area contributed by atoms with E-state index in [-0.39, 0.29) is 11.6 Å². The van der Waals surface area contributed by atoms with E-state index in [1.54, 1.807) is 6.07 Å². The number of aromatic amines is 1. The van der Waals surface area contributed by atoms with Crippen LogP contribution in [0.2, 0.25) is 0 Å². The number of ketones is 1. The van der Waals surface area contributed by atoms with Crippen LogP contribution in [0, 0.1) is 5.82 Å². The third-order valence-electron chi connectivity index (χ3n) is 3.98. The fourth-order valence-electron chi connectivity index (χ4n) is 2.78. The van der Waals surface area contributed by atoms with E-state index in [1.807, 2.05) is 12.1 Å². The second-order valence-corrected chi connectivity index (χ2v) is 5.90. The average Bonchev–Trinajstić information content (AvgIpc) is 2.85. The van der Waals surface area contributed by atoms with Gasteiger partial charge in [0.05, 0.1) is 11.3 Å². The zero-order valence-electron chi connectivity index (χ0n) is 12.9. The number of hydrogen-bond donors (Lipinski definition) is 1. The Morgan fingerprint density at radius 2 is 1.77 bits per heavy atom. The van der Waals surface area contributed by atoms with Crippen LogP contribution in [0.3, 0.4) is 0 Å². The Morgan fingerprint density at radius 3 is 2.36 bits per heavy atom. The van der Waals surface area contributed by atoms with Gasteiger partial charge in [-0.05, 0) is 42.2 Å². The summed E-state index contributed by atoms with van der Waals surface area (Å²) in [6.07, 6.45) is 0. The molecule has 0 fully saturated rings. The summed E-state index contributed by atoms with van der Waals surface area (Å²) in [5.41, 5.74) is 4.26. The smallest absolute Gasteiger partial charge is 0.162 e. The lowest BCUT2D eigenvalue weighted by atomic mass is 9.98. The number of carbonyl (C=O) groups excluding carboxylic acids is 1. The molecule has 1 N–H and O–H groups in total. The molecule has 112 valence electrons. The number of H-pyrrole nitrogens is 1. The summed E-state index contributed by atoms with van der Waals surface area (Å²) in [6.45, 7) is 5.79. The number of hydrogen-bond acceptors (Lipinski definition) is 1. The summed E-state index contributed by atoms with van der Waals surface area (Å²) < 4.78 is 13.5. The van der Waals surface area contributed by atoms with Crippen LogP contribution in [0.15, 0.2) is 42.5 Å². The second-order valence-electron chi connectivity index (χ2n) is 5.90. The zero-order chi connectivity index (χ0) is 15.9. The molecule has 0 aliphatic heterocycles. The molecule has 3 heteroatoms. The SMILES string of the molecule is CC(=O)c1c(-c2ccc(C(C)C)cc2)[nH]c2ccc(F)cc12. The number of aromatic nitrogens is 1. The quantitative estimate of drug-likeness (QED) is 0.653. The van der Waals surface area contributed by atoms with Gasteiger partial charge in [-0.3, -0.25) is 4.79 Å². The fourth-order valence-corrected chi connectivity index (χ4v) is 2.78. The number of nitrogens with one attached hydrogen (secondary N) is 1. The van der Waals surface area contributed by atoms with Gasteiger partial charge in [0.15, 0.2) is 5.78 Å². The predicted molar refractivity (Wildman–Crippen MR) is 87.8 cm³/mol. The number of halogens is 1. The van der Waals surface area contributed by atoms with Crippen molar-refractivity contribution in [2.24, 2.45) is 0 Å². The minimum absolute atomic E-state index is 0.0696. The highest BCUT2D eigenvalue weighted by Gasteiger charge is 2.17. The normalized spacial score (nSPS) is 11.3. The van der Waals surface area contributed by atoms with Crippen LogP contribution in [-0.2, 0) is 0 Å². The molecule has 0 saturated carbocycles. The molecule has 0 saturated heterocycles. The molecule has 0 aliphatic carbocycles. The summed E-state index contributed by atoms with van der Waals surface area (Å²) >= 11 is 0. The number of rotatable bonds is 3. The minimum atomic E-state index is -0.337. The molecule has 1 aromatic heterocycles. The third-order valence-corrected chi connectivity index (χ3v) is 3.98. The van der Waals surface area contributed by atoms with Crippen molar-refractivity contribution in [2.75, 3.05) is 0 Å². The van der Waals surface area contributed by atoms with Gasteiger partial charge in [0.25, 0.3) is 0 Å². The molecule has 0 spiro atoms. The van der Waals surface area contributed by atoms with Crippen LogP contribution in [0.1, 0.15) is 42.6 Å². The first-order valence-corrected chi connectivity index (χ1v) is 7.40. The maximum absolute atomic E-state index is 13.5. The van der Waals surface area contributed by atoms with Gasteiger partial charge < -0.3 is 4.98 Å². The minimum Gasteiger partial charge on any atom is -0.354 e. The van der Waals surface area contributed by atoms with Gasteiger partial charge in [-0.25, -0.2) is 4.39 Å². The Labute approximate surface area is 129 Å². The van der Waals surface area contributed by atoms with Crippen LogP contribution in [0.4, 0.5) is 4.39 Å². The van der Waals surface area contributed by atoms with E-state index in [4.69, 9.17) is 0 Å². The van der Waals surface area contributed by atoms with Gasteiger partial charge in [0.2, 0.25) is 0 Å². The maximum atomic E-state index is 13.5. The number of carbonyl (C=O) groups is 1. The second kappa shape index (κ2) is 5.41. The fraction of sp³-hybridized carbons (Fsp3) is 0.211. The molecule has 0 radical (unpaired) electrons. The maximum Gasteiger partial charge on any atom is 0.162 e. The number of benzene rings is 2. The number of Topliss-reactive ketones (excluding diaryl/α,β-unsaturated/α-hetero) is 1. The van der Waals surface area contributed by atoms with E-state index in [2.05, 4.69) is 31.0 Å². The van der Waals surface area contributed by atoms with E-state index in [9.17, 15) is 9.18 Å². The molecule has 0 amide bonds. The van der Waals surface area contributed by atoms with E-state index >= 15 is 0 Å². The van der Waals surface area contributed by atoms with E-state index in [0.717, 1.165) is 16.8 Å². The molecule has 0 atom stereocenters. The number of fused-ring (bicyclic) bond motifs is 1. The van der Waals surface area contributed by atoms with Crippen molar-refractivity contribution in [3.63, 3.8) is 0 Å². The zero-order valence-corrected chi connectivity index (χ0v) is 12.9. The van der Waals surface area contributed by atoms with Crippen LogP contribution >= 0.6 is 0 Å². The van der Waals surface area contributed by atoms with Crippen LogP contribution < -0.4 is 0 Å². The lowest BCUT2D eigenvalue weighted by molar-refractivity contribution is 0.102. The predicted octanol–water partition coefficient (Wildman–Crippen LogP) is 5.30. The Bertz CT molecular complexity index is 844. The molecular weight excluding hydrogens is 277 g/mol. The molecule has 3 aromatic rings. The topological polar surface area (TPSA) is 32.9 Å². The van der Waals surface area contributed by atoms with Gasteiger partial charge in [-0.15, -0.1) is 0 Å². The van der Waals surface area contributed by atoms with Crippen molar-refractivity contribution in [3.8, 4) is 11.3 Å². The molecule has 1 heterocycles. The molecule has 0 unspecified atom stereocenters. The molecule has 2 nitrogen and oxygen atoms in total. The Morgan fingerprint density at radius 1 is 1.09 bits per heavy atom. The Hall–Kier alpha value is -2.42. The lowest BCUT2D eigenvalue weighted by Gasteiger charge is -2.07. The first-order valence-electron chi connectivity index (χ1n) is 7.40. The summed E-state index contributed by atoms with van der Waals surface area (Å²) in [6, 6.07) is 12.6. The molecule has 22 heavy (non-hydrogen) atoms. The lowest BCUT2D eigenvalue weighted by Crippen LogP contribution is -1.94. The van der Waals surface area contributed by atoms with Gasteiger partial charge in [0, 0.05) is 10.9 Å². The van der Waals surface area contributed by atoms with Gasteiger partial charge in [-0.2, -0.15) is 0 Å². The van der Waals surface area contributed by atoms with Crippen LogP contribution in [0.5, 0.6) is 0 Å². The average molecular weight is 295 g/mol. The molecule has 3 rings (SSSR count). The highest BCUT2D eigenvalue weighted by Crippen LogP contribution is 2.32. The van der Waals surface area contributed by atoms with Crippen molar-refractivity contribution in [2.45, 2.75) is 26.7 Å². The Kier molecular flexibility index (Phi) is 3.57. The third kappa shape index (κ3) is 2.43. The Balaban J connectivity index is 2.21. The van der Waals surface area contributed by atoms with Crippen LogP contribution in [-0.4, -0.2) is 10.8 Å². The van der Waals surface area contributed by atoms with Gasteiger partial charge >= 0.3 is 0 Å². The van der Waals surface area contributed by atoms with Gasteiger partial charge in [0.1, 0.15) is 5.82 Å². The monoisotopic (exact) mass is 295 g/mol. The first-order chi connectivity index (χ1) is 10.5. The highest BCUT2D eigenvalue weighted by molar-refractivity contribution is 6.12. The van der Waals surface area contributed by atoms with Crippen molar-refractivity contribution >= 4 is 16.7 Å². The van der Waals surface area contributed by atoms with E-state index < -0.39 is 0 Å². The summed E-state index contributed by atoms with van der Waals surface area (Å²) in [5.74, 6) is 0.0497. The standard InChI is InChI=1S/C19H18FNO/c1-11(2)13-4-6-14(7-5-13)19-18(12(3)22)16-10-15(20)8-9-17(16)21-19/h4-11,21H,1-3H3. The summed E-state index contributed by atoms with van der Waals surface area (Å²) in [7, 11) is 0. The van der Waals surface area contributed by atoms with Crippen molar-refractivity contribution in [3.05, 3.63) is 59.4 Å². The van der Waals surface area contributed by atoms with Crippen molar-refractivity contribution in [1.82, 2.24) is 4.98 Å². The van der Waals surface area contributed by atoms with E-state index in [0.29, 0.717) is 16.9 Å². The van der Waals surface area contributed by atoms with Crippen molar-refractivity contribution < 1.29 is 9.18 Å². The van der Waals surface area contributed by atoms with E-state index in [1.165, 1.54) is 24.6 Å². The molecule has 0 bridgehead atoms.